The van der Waals surface area contributed by atoms with E-state index < -0.39 is 18.1 Å². The molecule has 2 aromatic rings. The molecule has 29 heavy (non-hydrogen) atoms. The molecule has 0 saturated carbocycles. The first-order chi connectivity index (χ1) is 14.0. The number of carbonyl (C=O) groups is 2. The monoisotopic (exact) mass is 432 g/mol. The quantitative estimate of drug-likeness (QED) is 0.730. The second kappa shape index (κ2) is 6.57. The summed E-state index contributed by atoms with van der Waals surface area (Å²) in [6.07, 6.45) is 3.24. The van der Waals surface area contributed by atoms with Crippen LogP contribution in [0.25, 0.3) is 0 Å². The lowest BCUT2D eigenvalue weighted by atomic mass is 9.85. The minimum absolute atomic E-state index is 0.310. The molecule has 0 spiro atoms. The predicted octanol–water partition coefficient (Wildman–Crippen LogP) is 3.81. The Balaban J connectivity index is 1.72. The minimum Gasteiger partial charge on any atom is -0.494 e. The van der Waals surface area contributed by atoms with Gasteiger partial charge in [0.15, 0.2) is 17.2 Å². The van der Waals surface area contributed by atoms with Crippen molar-refractivity contribution in [2.45, 2.75) is 18.5 Å². The van der Waals surface area contributed by atoms with Crippen LogP contribution in [0.5, 0.6) is 17.2 Å². The van der Waals surface area contributed by atoms with E-state index in [9.17, 15) is 9.59 Å². The number of imide groups is 1. The van der Waals surface area contributed by atoms with Crippen LogP contribution < -0.4 is 19.5 Å². The van der Waals surface area contributed by atoms with Gasteiger partial charge in [-0.1, -0.05) is 23.2 Å². The smallest absolute Gasteiger partial charge is 0.325 e. The van der Waals surface area contributed by atoms with E-state index in [1.807, 2.05) is 12.1 Å². The van der Waals surface area contributed by atoms with E-state index in [0.717, 1.165) is 11.1 Å². The molecule has 3 aliphatic rings. The van der Waals surface area contributed by atoms with Gasteiger partial charge >= 0.3 is 6.03 Å². The maximum Gasteiger partial charge on any atom is 0.325 e. The molecule has 3 heterocycles. The summed E-state index contributed by atoms with van der Waals surface area (Å²) in [4.78, 5) is 26.6. The number of hydrogen-bond acceptors (Lipinski definition) is 5. The zero-order chi connectivity index (χ0) is 20.3. The van der Waals surface area contributed by atoms with E-state index in [2.05, 4.69) is 5.32 Å². The van der Waals surface area contributed by atoms with Crippen molar-refractivity contribution >= 4 is 35.1 Å². The van der Waals surface area contributed by atoms with Crippen LogP contribution in [0.1, 0.15) is 22.7 Å². The van der Waals surface area contributed by atoms with Crippen LogP contribution in [-0.4, -0.2) is 30.0 Å². The Hall–Kier alpha value is -2.90. The third kappa shape index (κ3) is 2.73. The predicted molar refractivity (Wildman–Crippen MR) is 105 cm³/mol. The third-order valence-corrected chi connectivity index (χ3v) is 5.84. The van der Waals surface area contributed by atoms with Crippen LogP contribution in [0.3, 0.4) is 0 Å². The number of hydrogen-bond donors (Lipinski definition) is 1. The molecular weight excluding hydrogens is 419 g/mol. The molecule has 0 bridgehead atoms. The van der Waals surface area contributed by atoms with Crippen LogP contribution in [0.15, 0.2) is 36.8 Å². The minimum atomic E-state index is -0.641. The van der Waals surface area contributed by atoms with Crippen molar-refractivity contribution in [2.75, 3.05) is 7.11 Å². The molecule has 1 N–H and O–H groups in total. The molecule has 1 fully saturated rings. The molecule has 2 atom stereocenters. The SMILES string of the molecule is COc1c(Cl)cc([C@@H]2c3cc4c(cc3C[C@H]3C(=O)NC(=O)N23)OC=CO4)cc1Cl. The number of ether oxygens (including phenoxy) is 3. The first-order valence-corrected chi connectivity index (χ1v) is 9.54. The van der Waals surface area contributed by atoms with Crippen molar-refractivity contribution in [3.8, 4) is 17.2 Å². The molecule has 0 aliphatic carbocycles. The molecule has 9 heteroatoms. The summed E-state index contributed by atoms with van der Waals surface area (Å²) in [5, 5.41) is 3.02. The van der Waals surface area contributed by atoms with E-state index >= 15 is 0 Å². The summed E-state index contributed by atoms with van der Waals surface area (Å²) >= 11 is 12.7. The highest BCUT2D eigenvalue weighted by Gasteiger charge is 2.47. The van der Waals surface area contributed by atoms with Gasteiger partial charge in [-0.2, -0.15) is 0 Å². The van der Waals surface area contributed by atoms with Gasteiger partial charge in [0.1, 0.15) is 18.6 Å². The fourth-order valence-electron chi connectivity index (χ4n) is 4.08. The molecule has 148 valence electrons. The molecule has 0 unspecified atom stereocenters. The fraction of sp³-hybridized carbons (Fsp3) is 0.200. The zero-order valence-electron chi connectivity index (χ0n) is 15.1. The van der Waals surface area contributed by atoms with Gasteiger partial charge in [0.05, 0.1) is 23.2 Å². The van der Waals surface area contributed by atoms with Crippen molar-refractivity contribution in [3.63, 3.8) is 0 Å². The van der Waals surface area contributed by atoms with Crippen LogP contribution >= 0.6 is 23.2 Å². The summed E-state index contributed by atoms with van der Waals surface area (Å²) < 4.78 is 16.3. The summed E-state index contributed by atoms with van der Waals surface area (Å²) in [7, 11) is 1.47. The van der Waals surface area contributed by atoms with Crippen LogP contribution in [0, 0.1) is 0 Å². The van der Waals surface area contributed by atoms with Gasteiger partial charge in [0.25, 0.3) is 5.91 Å². The molecule has 2 aromatic carbocycles. The Morgan fingerprint density at radius 3 is 2.38 bits per heavy atom. The second-order valence-corrected chi connectivity index (χ2v) is 7.66. The highest BCUT2D eigenvalue weighted by molar-refractivity contribution is 6.37. The van der Waals surface area contributed by atoms with Gasteiger partial charge in [0.2, 0.25) is 0 Å². The first-order valence-electron chi connectivity index (χ1n) is 8.79. The first kappa shape index (κ1) is 18.1. The number of carbonyl (C=O) groups excluding carboxylic acids is 2. The Kier molecular flexibility index (Phi) is 4.11. The van der Waals surface area contributed by atoms with Crippen molar-refractivity contribution in [1.82, 2.24) is 10.2 Å². The normalized spacial score (nSPS) is 21.6. The van der Waals surface area contributed by atoms with E-state index in [0.29, 0.717) is 39.3 Å². The van der Waals surface area contributed by atoms with Gasteiger partial charge in [-0.15, -0.1) is 0 Å². The van der Waals surface area contributed by atoms with E-state index in [4.69, 9.17) is 37.4 Å². The zero-order valence-corrected chi connectivity index (χ0v) is 16.6. The van der Waals surface area contributed by atoms with Gasteiger partial charge in [-0.25, -0.2) is 4.79 Å². The second-order valence-electron chi connectivity index (χ2n) is 6.85. The highest BCUT2D eigenvalue weighted by Crippen LogP contribution is 2.46. The fourth-order valence-corrected chi connectivity index (χ4v) is 4.73. The van der Waals surface area contributed by atoms with Gasteiger partial charge < -0.3 is 19.1 Å². The van der Waals surface area contributed by atoms with Crippen LogP contribution in [0.4, 0.5) is 4.79 Å². The Morgan fingerprint density at radius 2 is 1.72 bits per heavy atom. The molecule has 1 saturated heterocycles. The topological polar surface area (TPSA) is 77.1 Å². The summed E-state index contributed by atoms with van der Waals surface area (Å²) in [6, 6.07) is 5.34. The molecule has 3 amide bonds. The number of fused-ring (bicyclic) bond motifs is 3. The number of rotatable bonds is 2. The number of urea groups is 1. The van der Waals surface area contributed by atoms with Gasteiger partial charge in [0, 0.05) is 6.42 Å². The third-order valence-electron chi connectivity index (χ3n) is 5.28. The summed E-state index contributed by atoms with van der Waals surface area (Å²) in [6.45, 7) is 0. The van der Waals surface area contributed by atoms with Crippen LogP contribution in [0.2, 0.25) is 10.0 Å². The average Bonchev–Trinajstić information content (AvgIpc) is 2.97. The maximum absolute atomic E-state index is 12.6. The van der Waals surface area contributed by atoms with E-state index in [1.165, 1.54) is 24.5 Å². The Morgan fingerprint density at radius 1 is 1.07 bits per heavy atom. The van der Waals surface area contributed by atoms with Crippen molar-refractivity contribution in [2.24, 2.45) is 0 Å². The number of methoxy groups -OCH3 is 1. The lowest BCUT2D eigenvalue weighted by Gasteiger charge is -2.38. The van der Waals surface area contributed by atoms with Crippen LogP contribution in [-0.2, 0) is 11.2 Å². The Labute approximate surface area is 175 Å². The molecule has 7 nitrogen and oxygen atoms in total. The largest absolute Gasteiger partial charge is 0.494 e. The number of nitrogens with one attached hydrogen (secondary N) is 1. The molecule has 5 rings (SSSR count). The van der Waals surface area contributed by atoms with E-state index in [-0.39, 0.29) is 5.91 Å². The highest BCUT2D eigenvalue weighted by atomic mass is 35.5. The van der Waals surface area contributed by atoms with Gasteiger partial charge in [-0.05, 0) is 41.0 Å². The number of nitrogens with zero attached hydrogens (tertiary/aromatic N) is 1. The lowest BCUT2D eigenvalue weighted by Crippen LogP contribution is -2.44. The van der Waals surface area contributed by atoms with Crippen molar-refractivity contribution in [1.29, 1.82) is 0 Å². The molecule has 0 aromatic heterocycles. The lowest BCUT2D eigenvalue weighted by molar-refractivity contribution is -0.121. The van der Waals surface area contributed by atoms with Crippen molar-refractivity contribution < 1.29 is 23.8 Å². The molecule has 0 radical (unpaired) electrons. The molecule has 3 aliphatic heterocycles. The summed E-state index contributed by atoms with van der Waals surface area (Å²) in [5.41, 5.74) is 2.34. The number of benzene rings is 2. The number of amides is 3. The average molecular weight is 433 g/mol. The number of halogens is 2. The summed E-state index contributed by atoms with van der Waals surface area (Å²) in [5.74, 6) is 1.07. The Bertz CT molecular complexity index is 1080. The van der Waals surface area contributed by atoms with E-state index in [1.54, 1.807) is 12.1 Å². The molecular formula is C20H14Cl2N2O5. The van der Waals surface area contributed by atoms with Gasteiger partial charge in [-0.3, -0.25) is 10.1 Å². The van der Waals surface area contributed by atoms with Crippen molar-refractivity contribution in [3.05, 3.63) is 63.5 Å². The standard InChI is InChI=1S/C20H14Cl2N2O5/c1-27-18-12(21)4-10(5-13(18)22)17-11-8-16-15(28-2-3-29-16)7-9(11)6-14-19(25)23-20(26)24(14)17/h2-5,7-8,14,17H,6H2,1H3,(H,23,25,26)/t14-,17+/m0/s1. The maximum atomic E-state index is 12.6.